The Hall–Kier alpha value is -2.76. The summed E-state index contributed by atoms with van der Waals surface area (Å²) in [6.07, 6.45) is 5.80. The summed E-state index contributed by atoms with van der Waals surface area (Å²) >= 11 is 6.16. The van der Waals surface area contributed by atoms with E-state index in [-0.39, 0.29) is 5.28 Å². The van der Waals surface area contributed by atoms with E-state index in [0.29, 0.717) is 18.2 Å². The molecule has 0 saturated carbocycles. The molecule has 1 atom stereocenters. The van der Waals surface area contributed by atoms with Crippen LogP contribution in [-0.4, -0.2) is 24.6 Å². The van der Waals surface area contributed by atoms with E-state index in [9.17, 15) is 5.11 Å². The summed E-state index contributed by atoms with van der Waals surface area (Å²) in [6.45, 7) is 10.5. The van der Waals surface area contributed by atoms with Crippen LogP contribution in [0.3, 0.4) is 0 Å². The van der Waals surface area contributed by atoms with E-state index in [1.807, 2.05) is 30.0 Å². The zero-order chi connectivity index (χ0) is 23.7. The Bertz CT molecular complexity index is 1250. The second-order valence-corrected chi connectivity index (χ2v) is 9.32. The number of halogens is 1. The molecule has 4 rings (SSSR count). The van der Waals surface area contributed by atoms with Crippen LogP contribution < -0.4 is 0 Å². The first kappa shape index (κ1) is 23.4. The highest BCUT2D eigenvalue weighted by atomic mass is 35.5. The molecule has 0 saturated heterocycles. The van der Waals surface area contributed by atoms with E-state index in [1.165, 1.54) is 16.7 Å². The largest absolute Gasteiger partial charge is 0.388 e. The molecule has 1 N–H and O–H groups in total. The van der Waals surface area contributed by atoms with Crippen molar-refractivity contribution in [1.29, 1.82) is 0 Å². The van der Waals surface area contributed by atoms with Crippen LogP contribution in [0, 0.1) is 12.8 Å². The fraction of sp³-hybridized carbons (Fsp3) is 0.370. The Balaban J connectivity index is 1.97. The lowest BCUT2D eigenvalue weighted by atomic mass is 9.93. The van der Waals surface area contributed by atoms with E-state index in [2.05, 4.69) is 61.9 Å². The number of benzene rings is 1. The number of nitrogens with zero attached hydrogens (tertiary/aromatic N) is 4. The van der Waals surface area contributed by atoms with Crippen molar-refractivity contribution >= 4 is 22.5 Å². The van der Waals surface area contributed by atoms with Gasteiger partial charge in [0.25, 0.3) is 0 Å². The Morgan fingerprint density at radius 1 is 1.06 bits per heavy atom. The fourth-order valence-electron chi connectivity index (χ4n) is 4.53. The normalized spacial score (nSPS) is 12.6. The van der Waals surface area contributed by atoms with Crippen molar-refractivity contribution in [2.75, 3.05) is 0 Å². The molecule has 1 aromatic carbocycles. The van der Waals surface area contributed by atoms with Gasteiger partial charge in [-0.15, -0.1) is 0 Å². The lowest BCUT2D eigenvalue weighted by Crippen LogP contribution is -2.02. The third-order valence-electron chi connectivity index (χ3n) is 6.09. The Morgan fingerprint density at radius 2 is 1.76 bits per heavy atom. The molecular formula is C27H31ClN4O. The summed E-state index contributed by atoms with van der Waals surface area (Å²) < 4.78 is 1.96. The first-order chi connectivity index (χ1) is 15.8. The summed E-state index contributed by atoms with van der Waals surface area (Å²) in [5.41, 5.74) is 7.24. The maximum absolute atomic E-state index is 11.1. The number of aryl methyl sites for hydroxylation is 3. The van der Waals surface area contributed by atoms with Gasteiger partial charge in [-0.2, -0.15) is 4.98 Å². The molecule has 172 valence electrons. The molecular weight excluding hydrogens is 432 g/mol. The van der Waals surface area contributed by atoms with Gasteiger partial charge in [-0.3, -0.25) is 9.55 Å². The van der Waals surface area contributed by atoms with Crippen molar-refractivity contribution in [2.24, 2.45) is 5.92 Å². The van der Waals surface area contributed by atoms with Gasteiger partial charge in [-0.25, -0.2) is 4.98 Å². The van der Waals surface area contributed by atoms with Gasteiger partial charge in [0.15, 0.2) is 0 Å². The number of hydrogen-bond acceptors (Lipinski definition) is 4. The van der Waals surface area contributed by atoms with Crippen LogP contribution in [0.1, 0.15) is 62.6 Å². The number of aliphatic hydroxyl groups is 1. The minimum absolute atomic E-state index is 0.199. The molecule has 0 aliphatic carbocycles. The molecule has 3 heterocycles. The average molecular weight is 463 g/mol. The van der Waals surface area contributed by atoms with E-state index in [4.69, 9.17) is 16.6 Å². The molecule has 0 bridgehead atoms. The molecule has 0 fully saturated rings. The van der Waals surface area contributed by atoms with Crippen LogP contribution in [0.5, 0.6) is 0 Å². The summed E-state index contributed by atoms with van der Waals surface area (Å²) in [6, 6.07) is 10.5. The van der Waals surface area contributed by atoms with Crippen molar-refractivity contribution in [2.45, 2.75) is 60.0 Å². The molecule has 6 heteroatoms. The minimum atomic E-state index is -0.588. The molecule has 0 amide bonds. The van der Waals surface area contributed by atoms with Crippen LogP contribution in [0.4, 0.5) is 0 Å². The van der Waals surface area contributed by atoms with Gasteiger partial charge in [0.1, 0.15) is 5.82 Å². The quantitative estimate of drug-likeness (QED) is 0.312. The van der Waals surface area contributed by atoms with Crippen LogP contribution in [0.15, 0.2) is 42.7 Å². The molecule has 4 aromatic rings. The highest BCUT2D eigenvalue weighted by molar-refractivity contribution is 6.28. The lowest BCUT2D eigenvalue weighted by Gasteiger charge is -2.14. The van der Waals surface area contributed by atoms with Gasteiger partial charge < -0.3 is 5.11 Å². The van der Waals surface area contributed by atoms with Gasteiger partial charge in [-0.1, -0.05) is 45.9 Å². The van der Waals surface area contributed by atoms with E-state index < -0.39 is 6.10 Å². The van der Waals surface area contributed by atoms with Crippen LogP contribution >= 0.6 is 11.6 Å². The maximum Gasteiger partial charge on any atom is 0.224 e. The number of aromatic nitrogens is 4. The van der Waals surface area contributed by atoms with Gasteiger partial charge in [0, 0.05) is 34.5 Å². The van der Waals surface area contributed by atoms with Gasteiger partial charge in [0.05, 0.1) is 23.5 Å². The van der Waals surface area contributed by atoms with Crippen molar-refractivity contribution < 1.29 is 5.11 Å². The Labute approximate surface area is 200 Å². The Kier molecular flexibility index (Phi) is 6.82. The van der Waals surface area contributed by atoms with Gasteiger partial charge in [-0.05, 0) is 60.9 Å². The zero-order valence-corrected chi connectivity index (χ0v) is 20.7. The third-order valence-corrected chi connectivity index (χ3v) is 6.26. The summed E-state index contributed by atoms with van der Waals surface area (Å²) in [7, 11) is 0. The molecule has 5 nitrogen and oxygen atoms in total. The molecule has 0 radical (unpaired) electrons. The first-order valence-electron chi connectivity index (χ1n) is 11.6. The molecule has 0 spiro atoms. The molecule has 1 unspecified atom stereocenters. The minimum Gasteiger partial charge on any atom is -0.388 e. The van der Waals surface area contributed by atoms with Gasteiger partial charge in [0.2, 0.25) is 5.28 Å². The number of hydrogen-bond donors (Lipinski definition) is 1. The second-order valence-electron chi connectivity index (χ2n) is 8.98. The van der Waals surface area contributed by atoms with Gasteiger partial charge >= 0.3 is 0 Å². The smallest absolute Gasteiger partial charge is 0.224 e. The highest BCUT2D eigenvalue weighted by Crippen LogP contribution is 2.35. The topological polar surface area (TPSA) is 63.8 Å². The monoisotopic (exact) mass is 462 g/mol. The van der Waals surface area contributed by atoms with Crippen molar-refractivity contribution in [3.05, 3.63) is 70.4 Å². The predicted octanol–water partition coefficient (Wildman–Crippen LogP) is 6.65. The second kappa shape index (κ2) is 9.62. The average Bonchev–Trinajstić information content (AvgIpc) is 3.16. The van der Waals surface area contributed by atoms with E-state index in [0.717, 1.165) is 40.7 Å². The number of pyridine rings is 1. The first-order valence-corrected chi connectivity index (χ1v) is 12.0. The molecule has 33 heavy (non-hydrogen) atoms. The molecule has 3 aromatic heterocycles. The molecule has 0 aliphatic heterocycles. The highest BCUT2D eigenvalue weighted by Gasteiger charge is 2.21. The zero-order valence-electron chi connectivity index (χ0n) is 19.9. The van der Waals surface area contributed by atoms with Crippen molar-refractivity contribution in [1.82, 2.24) is 19.5 Å². The summed E-state index contributed by atoms with van der Waals surface area (Å²) in [4.78, 5) is 13.5. The van der Waals surface area contributed by atoms with E-state index >= 15 is 0 Å². The number of rotatable bonds is 7. The summed E-state index contributed by atoms with van der Waals surface area (Å²) in [5, 5.41) is 12.3. The summed E-state index contributed by atoms with van der Waals surface area (Å²) in [5.74, 6) is 1.03. The van der Waals surface area contributed by atoms with Crippen molar-refractivity contribution in [3.63, 3.8) is 0 Å². The van der Waals surface area contributed by atoms with E-state index in [1.54, 1.807) is 0 Å². The van der Waals surface area contributed by atoms with Crippen LogP contribution in [0.2, 0.25) is 5.28 Å². The molecule has 0 aliphatic rings. The Morgan fingerprint density at radius 3 is 2.36 bits per heavy atom. The predicted molar refractivity (Wildman–Crippen MR) is 135 cm³/mol. The lowest BCUT2D eigenvalue weighted by molar-refractivity contribution is 0.152. The van der Waals surface area contributed by atoms with Crippen molar-refractivity contribution in [3.8, 4) is 17.1 Å². The maximum atomic E-state index is 11.1. The fourth-order valence-corrected chi connectivity index (χ4v) is 4.75. The number of aliphatic hydroxyl groups excluding tert-OH is 1. The third kappa shape index (κ3) is 4.66. The van der Waals surface area contributed by atoms with Crippen LogP contribution in [0.25, 0.3) is 28.0 Å². The number of fused-ring (bicyclic) bond motifs is 1. The standard InChI is InChI=1S/C27H31ClN4O/c1-6-18-9-8-10-19(7-2)26(18)22-13-20-21(24(33)11-16(3)4)15-32(23(20)14-29-22)25-12-17(5)30-27(28)31-25/h8-10,12-16,24,33H,6-7,11H2,1-5H3. The SMILES string of the molecule is CCc1cccc(CC)c1-c1cc2c(C(O)CC(C)C)cn(-c3cc(C)nc(Cl)n3)c2cn1. The van der Waals surface area contributed by atoms with Crippen LogP contribution in [-0.2, 0) is 12.8 Å².